The lowest BCUT2D eigenvalue weighted by Gasteiger charge is -2.37. The molecule has 0 unspecified atom stereocenters. The lowest BCUT2D eigenvalue weighted by atomic mass is 9.96. The lowest BCUT2D eigenvalue weighted by Crippen LogP contribution is -2.58. The number of ether oxygens (including phenoxy) is 2. The second-order valence-corrected chi connectivity index (χ2v) is 9.31. The van der Waals surface area contributed by atoms with E-state index in [1.165, 1.54) is 58.9 Å². The number of thioether (sulfide) groups is 1. The van der Waals surface area contributed by atoms with Crippen LogP contribution >= 0.6 is 11.8 Å². The molecule has 1 amide bonds. The number of nitrogens with zero attached hydrogens (tertiary/aromatic N) is 5. The van der Waals surface area contributed by atoms with Gasteiger partial charge in [-0.05, 0) is 24.6 Å². The summed E-state index contributed by atoms with van der Waals surface area (Å²) in [7, 11) is 1.24. The normalized spacial score (nSPS) is 23.9. The number of benzene rings is 1. The molecule has 12 nitrogen and oxygen atoms in total. The number of hydrogen-bond donors (Lipinski definition) is 0. The van der Waals surface area contributed by atoms with Crippen LogP contribution in [-0.2, 0) is 32.2 Å². The second kappa shape index (κ2) is 8.22. The Labute approximate surface area is 186 Å². The van der Waals surface area contributed by atoms with Gasteiger partial charge in [0.2, 0.25) is 5.91 Å². The minimum absolute atomic E-state index is 0.0666. The van der Waals surface area contributed by atoms with Crippen LogP contribution in [0, 0.1) is 10.1 Å². The smallest absolute Gasteiger partial charge is 0.358 e. The summed E-state index contributed by atoms with van der Waals surface area (Å²) in [6.45, 7) is 1.83. The molecule has 3 atom stereocenters. The van der Waals surface area contributed by atoms with Crippen LogP contribution in [0.3, 0.4) is 0 Å². The highest BCUT2D eigenvalue weighted by Crippen LogP contribution is 2.52. The zero-order valence-corrected chi connectivity index (χ0v) is 18.0. The van der Waals surface area contributed by atoms with Gasteiger partial charge in [0.05, 0.1) is 41.3 Å². The summed E-state index contributed by atoms with van der Waals surface area (Å²) >= 11 is 1.44. The highest BCUT2D eigenvalue weighted by Gasteiger charge is 2.61. The number of nitro groups is 1. The molecule has 0 N–H and O–H groups in total. The SMILES string of the molecule is COC(=O)c1cnnn1C[C@]1(C)S[C@H]2CC(=O)N2[C@H]1C(=O)OCc1ccc([N+](=O)[O-])cc1. The highest BCUT2D eigenvalue weighted by atomic mass is 32.2. The van der Waals surface area contributed by atoms with Gasteiger partial charge in [-0.2, -0.15) is 0 Å². The number of β-lactam (4-membered cyclic amide) rings is 1. The predicted molar refractivity (Wildman–Crippen MR) is 109 cm³/mol. The first-order valence-corrected chi connectivity index (χ1v) is 10.5. The lowest BCUT2D eigenvalue weighted by molar-refractivity contribution is -0.384. The van der Waals surface area contributed by atoms with Crippen molar-refractivity contribution in [2.75, 3.05) is 7.11 Å². The van der Waals surface area contributed by atoms with Crippen LogP contribution in [0.4, 0.5) is 5.69 Å². The van der Waals surface area contributed by atoms with Crippen molar-refractivity contribution in [1.82, 2.24) is 19.9 Å². The zero-order valence-electron chi connectivity index (χ0n) is 17.2. The third kappa shape index (κ3) is 3.79. The Morgan fingerprint density at radius 2 is 2.06 bits per heavy atom. The Hall–Kier alpha value is -3.48. The average Bonchev–Trinajstić information content (AvgIpc) is 3.31. The molecule has 0 spiro atoms. The van der Waals surface area contributed by atoms with Crippen molar-refractivity contribution in [1.29, 1.82) is 0 Å². The quantitative estimate of drug-likeness (QED) is 0.254. The van der Waals surface area contributed by atoms with Crippen LogP contribution in [0.25, 0.3) is 0 Å². The van der Waals surface area contributed by atoms with Crippen LogP contribution in [0.15, 0.2) is 30.5 Å². The minimum atomic E-state index is -0.897. The molecule has 2 aromatic rings. The van der Waals surface area contributed by atoms with E-state index in [-0.39, 0.29) is 35.8 Å². The number of rotatable bonds is 7. The molecule has 0 aliphatic carbocycles. The standard InChI is InChI=1S/C19H19N5O7S/c1-19(10-22-13(8-20-21-22)17(26)30-2)16(23-14(25)7-15(23)32-19)18(27)31-9-11-3-5-12(6-4-11)24(28)29/h3-6,8,15-16H,7,9-10H2,1-2H3/t15-,16-,19-/m0/s1. The molecule has 0 saturated carbocycles. The fourth-order valence-corrected chi connectivity index (χ4v) is 5.58. The summed E-state index contributed by atoms with van der Waals surface area (Å²) < 4.78 is 10.7. The first-order chi connectivity index (χ1) is 15.2. The molecule has 3 heterocycles. The van der Waals surface area contributed by atoms with Gasteiger partial charge in [-0.15, -0.1) is 16.9 Å². The molecule has 0 radical (unpaired) electrons. The first-order valence-electron chi connectivity index (χ1n) is 9.59. The van der Waals surface area contributed by atoms with Gasteiger partial charge in [0, 0.05) is 12.1 Å². The number of amides is 1. The Morgan fingerprint density at radius 3 is 2.69 bits per heavy atom. The summed E-state index contributed by atoms with van der Waals surface area (Å²) in [6, 6.07) is 4.76. The highest BCUT2D eigenvalue weighted by molar-refractivity contribution is 8.01. The fourth-order valence-electron chi connectivity index (χ4n) is 3.85. The van der Waals surface area contributed by atoms with Crippen molar-refractivity contribution >= 4 is 35.3 Å². The molecule has 4 rings (SSSR count). The second-order valence-electron chi connectivity index (χ2n) is 7.59. The number of nitro benzene ring substituents is 1. The van der Waals surface area contributed by atoms with Gasteiger partial charge in [0.1, 0.15) is 12.6 Å². The van der Waals surface area contributed by atoms with Crippen molar-refractivity contribution < 1.29 is 28.8 Å². The van der Waals surface area contributed by atoms with Gasteiger partial charge in [0.25, 0.3) is 5.69 Å². The Bertz CT molecular complexity index is 1090. The third-order valence-corrected chi connectivity index (χ3v) is 6.99. The molecule has 13 heteroatoms. The molecule has 2 fully saturated rings. The van der Waals surface area contributed by atoms with Crippen LogP contribution < -0.4 is 0 Å². The molecule has 0 bridgehead atoms. The molecule has 1 aromatic heterocycles. The topological polar surface area (TPSA) is 147 Å². The first kappa shape index (κ1) is 21.7. The summed E-state index contributed by atoms with van der Waals surface area (Å²) in [6.07, 6.45) is 1.59. The van der Waals surface area contributed by atoms with Gasteiger partial charge in [0.15, 0.2) is 5.69 Å². The number of carbonyl (C=O) groups is 3. The van der Waals surface area contributed by atoms with Crippen molar-refractivity contribution in [3.05, 3.63) is 51.8 Å². The summed E-state index contributed by atoms with van der Waals surface area (Å²) in [5.74, 6) is -1.37. The monoisotopic (exact) mass is 461 g/mol. The molecule has 2 aliphatic rings. The Kier molecular flexibility index (Phi) is 5.59. The maximum absolute atomic E-state index is 13.1. The largest absolute Gasteiger partial charge is 0.464 e. The number of hydrogen-bond acceptors (Lipinski definition) is 10. The summed E-state index contributed by atoms with van der Waals surface area (Å²) in [5, 5.41) is 18.3. The van der Waals surface area contributed by atoms with E-state index in [1.807, 2.05) is 6.92 Å². The van der Waals surface area contributed by atoms with Gasteiger partial charge >= 0.3 is 11.9 Å². The van der Waals surface area contributed by atoms with Crippen molar-refractivity contribution in [3.63, 3.8) is 0 Å². The van der Waals surface area contributed by atoms with Crippen LogP contribution in [0.5, 0.6) is 0 Å². The van der Waals surface area contributed by atoms with E-state index in [0.29, 0.717) is 12.0 Å². The third-order valence-electron chi connectivity index (χ3n) is 5.44. The van der Waals surface area contributed by atoms with Gasteiger partial charge in [-0.1, -0.05) is 5.21 Å². The van der Waals surface area contributed by atoms with Gasteiger partial charge in [-0.3, -0.25) is 14.9 Å². The van der Waals surface area contributed by atoms with E-state index in [2.05, 4.69) is 10.3 Å². The Balaban J connectivity index is 1.52. The van der Waals surface area contributed by atoms with E-state index >= 15 is 0 Å². The number of fused-ring (bicyclic) bond motifs is 1. The predicted octanol–water partition coefficient (Wildman–Crippen LogP) is 1.15. The fraction of sp³-hybridized carbons (Fsp3) is 0.421. The van der Waals surface area contributed by atoms with Crippen molar-refractivity contribution in [3.8, 4) is 0 Å². The average molecular weight is 461 g/mol. The van der Waals surface area contributed by atoms with E-state index < -0.39 is 27.7 Å². The van der Waals surface area contributed by atoms with Crippen molar-refractivity contribution in [2.24, 2.45) is 0 Å². The molecule has 2 saturated heterocycles. The van der Waals surface area contributed by atoms with Crippen LogP contribution in [0.1, 0.15) is 29.4 Å². The van der Waals surface area contributed by atoms with E-state index in [4.69, 9.17) is 9.47 Å². The van der Waals surface area contributed by atoms with E-state index in [1.54, 1.807) is 0 Å². The number of aromatic nitrogens is 3. The number of methoxy groups -OCH3 is 1. The zero-order chi connectivity index (χ0) is 23.0. The minimum Gasteiger partial charge on any atom is -0.464 e. The molecule has 2 aliphatic heterocycles. The number of carbonyl (C=O) groups excluding carboxylic acids is 3. The molecule has 168 valence electrons. The maximum atomic E-state index is 13.1. The summed E-state index contributed by atoms with van der Waals surface area (Å²) in [4.78, 5) is 49.1. The Morgan fingerprint density at radius 1 is 1.34 bits per heavy atom. The van der Waals surface area contributed by atoms with Crippen molar-refractivity contribution in [2.45, 2.75) is 42.7 Å². The number of non-ortho nitro benzene ring substituents is 1. The molecule has 32 heavy (non-hydrogen) atoms. The van der Waals surface area contributed by atoms with Crippen LogP contribution in [0.2, 0.25) is 0 Å². The molecule has 1 aromatic carbocycles. The molecular weight excluding hydrogens is 442 g/mol. The van der Waals surface area contributed by atoms with Gasteiger partial charge in [-0.25, -0.2) is 14.3 Å². The van der Waals surface area contributed by atoms with E-state index in [0.717, 1.165) is 0 Å². The molecular formula is C19H19N5O7S. The van der Waals surface area contributed by atoms with Crippen LogP contribution in [-0.4, -0.2) is 65.9 Å². The van der Waals surface area contributed by atoms with E-state index in [9.17, 15) is 24.5 Å². The van der Waals surface area contributed by atoms with Gasteiger partial charge < -0.3 is 14.4 Å². The maximum Gasteiger partial charge on any atom is 0.358 e. The summed E-state index contributed by atoms with van der Waals surface area (Å²) in [5.41, 5.74) is 0.642. The number of esters is 2.